The van der Waals surface area contributed by atoms with E-state index in [1.807, 2.05) is 47.4 Å². The van der Waals surface area contributed by atoms with Gasteiger partial charge in [0.05, 0.1) is 17.1 Å². The minimum Gasteiger partial charge on any atom is -0.327 e. The van der Waals surface area contributed by atoms with E-state index in [0.29, 0.717) is 13.0 Å². The number of likely N-dealkylation sites (tertiary alicyclic amines) is 1. The third kappa shape index (κ3) is 3.54. The van der Waals surface area contributed by atoms with Gasteiger partial charge in [-0.1, -0.05) is 12.1 Å². The van der Waals surface area contributed by atoms with Crippen molar-refractivity contribution in [2.24, 2.45) is 0 Å². The summed E-state index contributed by atoms with van der Waals surface area (Å²) in [5, 5.41) is 3.03. The topological polar surface area (TPSA) is 70.5 Å². The average Bonchev–Trinajstić information content (AvgIpc) is 3.51. The van der Waals surface area contributed by atoms with E-state index < -0.39 is 0 Å². The lowest BCUT2D eigenvalue weighted by atomic mass is 10.2. The minimum absolute atomic E-state index is 0.0335. The first kappa shape index (κ1) is 19.6. The quantitative estimate of drug-likeness (QED) is 0.677. The van der Waals surface area contributed by atoms with E-state index >= 15 is 0 Å². The highest BCUT2D eigenvalue weighted by Crippen LogP contribution is 2.34. The summed E-state index contributed by atoms with van der Waals surface area (Å²) >= 11 is 0. The lowest BCUT2D eigenvalue weighted by molar-refractivity contribution is -0.117. The molecule has 2 saturated heterocycles. The second-order valence-corrected chi connectivity index (χ2v) is 8.18. The van der Waals surface area contributed by atoms with Crippen molar-refractivity contribution >= 4 is 34.3 Å². The predicted octanol–water partition coefficient (Wildman–Crippen LogP) is 4.55. The van der Waals surface area contributed by atoms with Gasteiger partial charge in [0, 0.05) is 37.4 Å². The Morgan fingerprint density at radius 3 is 2.65 bits per heavy atom. The maximum absolute atomic E-state index is 13.1. The molecule has 7 nitrogen and oxygen atoms in total. The molecule has 1 N–H and O–H groups in total. The molecule has 1 unspecified atom stereocenters. The summed E-state index contributed by atoms with van der Waals surface area (Å²) in [5.74, 6) is 1.12. The molecule has 3 amide bonds. The van der Waals surface area contributed by atoms with Crippen molar-refractivity contribution in [3.8, 4) is 0 Å². The molecule has 160 valence electrons. The first-order valence-electron chi connectivity index (χ1n) is 11.1. The highest BCUT2D eigenvalue weighted by atomic mass is 16.2. The van der Waals surface area contributed by atoms with Crippen LogP contribution in [0.1, 0.15) is 44.5 Å². The molecule has 3 aromatic rings. The standard InChI is InChI=1S/C24H27N5O2/c1-2-27-20-8-4-3-7-19(20)26-23(27)21-9-5-16-29(21)24(31)25-17-11-13-18(14-12-17)28-15-6-10-22(28)30/h3-4,7-8,11-14,21H,2,5-6,9-10,15-16H2,1H3,(H,25,31). The first-order valence-corrected chi connectivity index (χ1v) is 11.1. The molecule has 2 aromatic carbocycles. The van der Waals surface area contributed by atoms with E-state index in [2.05, 4.69) is 22.9 Å². The predicted molar refractivity (Wildman–Crippen MR) is 121 cm³/mol. The molecular weight excluding hydrogens is 390 g/mol. The molecule has 31 heavy (non-hydrogen) atoms. The Hall–Kier alpha value is -3.35. The summed E-state index contributed by atoms with van der Waals surface area (Å²) in [6, 6.07) is 15.5. The van der Waals surface area contributed by atoms with Gasteiger partial charge in [-0.3, -0.25) is 4.79 Å². The number of para-hydroxylation sites is 2. The number of urea groups is 1. The maximum Gasteiger partial charge on any atom is 0.322 e. The van der Waals surface area contributed by atoms with Crippen LogP contribution in [0.3, 0.4) is 0 Å². The molecule has 2 aliphatic rings. The molecule has 2 aliphatic heterocycles. The molecule has 0 saturated carbocycles. The number of anilines is 2. The number of aromatic nitrogens is 2. The number of carbonyl (C=O) groups excluding carboxylic acids is 2. The zero-order chi connectivity index (χ0) is 21.4. The van der Waals surface area contributed by atoms with E-state index in [1.54, 1.807) is 4.90 Å². The number of aryl methyl sites for hydroxylation is 1. The van der Waals surface area contributed by atoms with Gasteiger partial charge in [-0.25, -0.2) is 9.78 Å². The number of hydrogen-bond donors (Lipinski definition) is 1. The van der Waals surface area contributed by atoms with Crippen LogP contribution in [0.15, 0.2) is 48.5 Å². The Morgan fingerprint density at radius 2 is 1.90 bits per heavy atom. The van der Waals surface area contributed by atoms with Gasteiger partial charge < -0.3 is 19.7 Å². The Morgan fingerprint density at radius 1 is 1.10 bits per heavy atom. The number of hydrogen-bond acceptors (Lipinski definition) is 3. The Labute approximate surface area is 181 Å². The second-order valence-electron chi connectivity index (χ2n) is 8.18. The van der Waals surface area contributed by atoms with Crippen molar-refractivity contribution in [1.29, 1.82) is 0 Å². The van der Waals surface area contributed by atoms with Crippen LogP contribution < -0.4 is 10.2 Å². The lowest BCUT2D eigenvalue weighted by Crippen LogP contribution is -2.35. The number of nitrogens with zero attached hydrogens (tertiary/aromatic N) is 4. The first-order chi connectivity index (χ1) is 15.2. The van der Waals surface area contributed by atoms with Crippen molar-refractivity contribution in [1.82, 2.24) is 14.5 Å². The second kappa shape index (κ2) is 8.06. The van der Waals surface area contributed by atoms with Crippen LogP contribution in [0.5, 0.6) is 0 Å². The Kier molecular flexibility index (Phi) is 5.10. The van der Waals surface area contributed by atoms with Crippen LogP contribution in [0.4, 0.5) is 16.2 Å². The number of amides is 3. The van der Waals surface area contributed by atoms with Crippen LogP contribution >= 0.6 is 0 Å². The number of fused-ring (bicyclic) bond motifs is 1. The molecule has 0 radical (unpaired) electrons. The molecule has 0 spiro atoms. The van der Waals surface area contributed by atoms with Gasteiger partial charge in [-0.05, 0) is 62.6 Å². The van der Waals surface area contributed by atoms with Gasteiger partial charge in [0.2, 0.25) is 5.91 Å². The summed E-state index contributed by atoms with van der Waals surface area (Å²) < 4.78 is 2.22. The average molecular weight is 418 g/mol. The van der Waals surface area contributed by atoms with Crippen LogP contribution in [0, 0.1) is 0 Å². The Bertz CT molecular complexity index is 1120. The monoisotopic (exact) mass is 417 g/mol. The fraction of sp³-hybridized carbons (Fsp3) is 0.375. The summed E-state index contributed by atoms with van der Waals surface area (Å²) in [6.07, 6.45) is 3.38. The van der Waals surface area contributed by atoms with Crippen LogP contribution in [0.25, 0.3) is 11.0 Å². The molecule has 1 atom stereocenters. The zero-order valence-electron chi connectivity index (χ0n) is 17.8. The fourth-order valence-electron chi connectivity index (χ4n) is 4.80. The number of nitrogens with one attached hydrogen (secondary N) is 1. The maximum atomic E-state index is 13.1. The Balaban J connectivity index is 1.34. The van der Waals surface area contributed by atoms with Crippen LogP contribution in [-0.4, -0.2) is 39.5 Å². The van der Waals surface area contributed by atoms with Crippen LogP contribution in [0.2, 0.25) is 0 Å². The summed E-state index contributed by atoms with van der Waals surface area (Å²) in [6.45, 7) is 4.41. The smallest absolute Gasteiger partial charge is 0.322 e. The van der Waals surface area contributed by atoms with Gasteiger partial charge >= 0.3 is 6.03 Å². The zero-order valence-corrected chi connectivity index (χ0v) is 17.8. The van der Waals surface area contributed by atoms with Crippen LogP contribution in [-0.2, 0) is 11.3 Å². The number of imidazole rings is 1. The van der Waals surface area contributed by atoms with E-state index in [0.717, 1.165) is 60.6 Å². The van der Waals surface area contributed by atoms with Gasteiger partial charge in [0.1, 0.15) is 5.82 Å². The van der Waals surface area contributed by atoms with Crippen molar-refractivity contribution in [2.45, 2.75) is 45.2 Å². The van der Waals surface area contributed by atoms with Gasteiger partial charge in [0.15, 0.2) is 0 Å². The molecule has 0 aliphatic carbocycles. The van der Waals surface area contributed by atoms with E-state index in [-0.39, 0.29) is 18.0 Å². The highest BCUT2D eigenvalue weighted by molar-refractivity contribution is 5.96. The van der Waals surface area contributed by atoms with Gasteiger partial charge in [-0.2, -0.15) is 0 Å². The number of rotatable bonds is 4. The highest BCUT2D eigenvalue weighted by Gasteiger charge is 2.33. The molecule has 2 fully saturated rings. The largest absolute Gasteiger partial charge is 0.327 e. The third-order valence-corrected chi connectivity index (χ3v) is 6.32. The SMILES string of the molecule is CCn1c(C2CCCN2C(=O)Nc2ccc(N3CCCC3=O)cc2)nc2ccccc21. The molecule has 3 heterocycles. The normalized spacial score (nSPS) is 18.9. The van der Waals surface area contributed by atoms with Crippen molar-refractivity contribution in [3.05, 3.63) is 54.4 Å². The van der Waals surface area contributed by atoms with Gasteiger partial charge in [-0.15, -0.1) is 0 Å². The van der Waals surface area contributed by atoms with Crippen molar-refractivity contribution < 1.29 is 9.59 Å². The summed E-state index contributed by atoms with van der Waals surface area (Å²) in [4.78, 5) is 33.6. The van der Waals surface area contributed by atoms with E-state index in [1.165, 1.54) is 0 Å². The molecule has 5 rings (SSSR count). The minimum atomic E-state index is -0.109. The molecular formula is C24H27N5O2. The van der Waals surface area contributed by atoms with Crippen molar-refractivity contribution in [2.75, 3.05) is 23.3 Å². The van der Waals surface area contributed by atoms with Gasteiger partial charge in [0.25, 0.3) is 0 Å². The lowest BCUT2D eigenvalue weighted by Gasteiger charge is -2.25. The number of carbonyl (C=O) groups is 2. The number of benzene rings is 2. The third-order valence-electron chi connectivity index (χ3n) is 6.32. The summed E-state index contributed by atoms with van der Waals surface area (Å²) in [7, 11) is 0. The molecule has 7 heteroatoms. The van der Waals surface area contributed by atoms with Crippen molar-refractivity contribution in [3.63, 3.8) is 0 Å². The van der Waals surface area contributed by atoms with E-state index in [9.17, 15) is 9.59 Å². The molecule has 0 bridgehead atoms. The summed E-state index contributed by atoms with van der Waals surface area (Å²) in [5.41, 5.74) is 3.70. The fourth-order valence-corrected chi connectivity index (χ4v) is 4.80. The van der Waals surface area contributed by atoms with E-state index in [4.69, 9.17) is 4.98 Å². The molecule has 1 aromatic heterocycles.